The van der Waals surface area contributed by atoms with Crippen molar-refractivity contribution in [1.29, 1.82) is 0 Å². The first-order chi connectivity index (χ1) is 8.61. The molecule has 0 fully saturated rings. The predicted molar refractivity (Wildman–Crippen MR) is 84.1 cm³/mol. The highest BCUT2D eigenvalue weighted by atomic mass is 14.9. The molecule has 0 aromatic heterocycles. The van der Waals surface area contributed by atoms with Crippen LogP contribution in [0.15, 0.2) is 0 Å². The molecular weight excluding hydrogens is 218 g/mol. The Morgan fingerprint density at radius 3 is 1.67 bits per heavy atom. The summed E-state index contributed by atoms with van der Waals surface area (Å²) in [7, 11) is 0. The lowest BCUT2D eigenvalue weighted by Gasteiger charge is -2.23. The molecule has 0 spiro atoms. The zero-order valence-electron chi connectivity index (χ0n) is 13.6. The Morgan fingerprint density at radius 2 is 1.28 bits per heavy atom. The fraction of sp³-hybridized carbons (Fsp3) is 1.00. The van der Waals surface area contributed by atoms with Gasteiger partial charge < -0.3 is 5.32 Å². The van der Waals surface area contributed by atoms with E-state index in [-0.39, 0.29) is 0 Å². The van der Waals surface area contributed by atoms with Crippen molar-refractivity contribution < 1.29 is 0 Å². The summed E-state index contributed by atoms with van der Waals surface area (Å²) in [6.45, 7) is 12.8. The standard InChI is InChI=1S/C17H37N/c1-6-8-10-12-17(13-11-9-7-2)18-14-16(5)15(3)4/h15-18H,6-14H2,1-5H3. The maximum absolute atomic E-state index is 3.82. The number of hydrogen-bond acceptors (Lipinski definition) is 1. The molecule has 0 heterocycles. The lowest BCUT2D eigenvalue weighted by Crippen LogP contribution is -2.34. The molecule has 0 aromatic rings. The van der Waals surface area contributed by atoms with Crippen LogP contribution in [0.25, 0.3) is 0 Å². The number of rotatable bonds is 12. The molecule has 0 radical (unpaired) electrons. The largest absolute Gasteiger partial charge is 0.314 e. The molecule has 0 saturated carbocycles. The zero-order valence-corrected chi connectivity index (χ0v) is 13.6. The molecule has 1 unspecified atom stereocenters. The van der Waals surface area contributed by atoms with E-state index in [9.17, 15) is 0 Å². The second-order valence-electron chi connectivity index (χ2n) is 6.32. The molecule has 1 N–H and O–H groups in total. The minimum Gasteiger partial charge on any atom is -0.314 e. The van der Waals surface area contributed by atoms with Crippen molar-refractivity contribution in [2.24, 2.45) is 11.8 Å². The van der Waals surface area contributed by atoms with Crippen molar-refractivity contribution in [3.05, 3.63) is 0 Å². The van der Waals surface area contributed by atoms with Crippen molar-refractivity contribution in [2.75, 3.05) is 6.54 Å². The minimum absolute atomic E-state index is 0.768. The van der Waals surface area contributed by atoms with E-state index in [1.807, 2.05) is 0 Å². The molecule has 0 aliphatic heterocycles. The van der Waals surface area contributed by atoms with Crippen LogP contribution in [-0.2, 0) is 0 Å². The Balaban J connectivity index is 3.87. The van der Waals surface area contributed by atoms with Crippen LogP contribution in [0.1, 0.15) is 86.0 Å². The average Bonchev–Trinajstić information content (AvgIpc) is 2.35. The van der Waals surface area contributed by atoms with Crippen LogP contribution in [0.2, 0.25) is 0 Å². The van der Waals surface area contributed by atoms with E-state index in [1.54, 1.807) is 0 Å². The van der Waals surface area contributed by atoms with Crippen molar-refractivity contribution in [2.45, 2.75) is 92.0 Å². The Morgan fingerprint density at radius 1 is 0.778 bits per heavy atom. The Bertz CT molecular complexity index is 155. The quantitative estimate of drug-likeness (QED) is 0.461. The Hall–Kier alpha value is -0.0400. The van der Waals surface area contributed by atoms with E-state index < -0.39 is 0 Å². The van der Waals surface area contributed by atoms with E-state index in [1.165, 1.54) is 57.9 Å². The van der Waals surface area contributed by atoms with Gasteiger partial charge in [0.1, 0.15) is 0 Å². The molecule has 0 bridgehead atoms. The topological polar surface area (TPSA) is 12.0 Å². The van der Waals surface area contributed by atoms with Crippen LogP contribution in [0, 0.1) is 11.8 Å². The first-order valence-corrected chi connectivity index (χ1v) is 8.35. The molecule has 18 heavy (non-hydrogen) atoms. The van der Waals surface area contributed by atoms with Crippen LogP contribution < -0.4 is 5.32 Å². The van der Waals surface area contributed by atoms with Crippen LogP contribution in [0.4, 0.5) is 0 Å². The van der Waals surface area contributed by atoms with Crippen molar-refractivity contribution >= 4 is 0 Å². The van der Waals surface area contributed by atoms with Crippen LogP contribution in [0.3, 0.4) is 0 Å². The van der Waals surface area contributed by atoms with Gasteiger partial charge in [0.25, 0.3) is 0 Å². The average molecular weight is 255 g/mol. The fourth-order valence-corrected chi connectivity index (χ4v) is 2.22. The number of hydrogen-bond donors (Lipinski definition) is 1. The first kappa shape index (κ1) is 18.0. The van der Waals surface area contributed by atoms with Crippen LogP contribution in [0.5, 0.6) is 0 Å². The van der Waals surface area contributed by atoms with E-state index in [4.69, 9.17) is 0 Å². The van der Waals surface area contributed by atoms with Crippen LogP contribution >= 0.6 is 0 Å². The van der Waals surface area contributed by atoms with Gasteiger partial charge in [0, 0.05) is 6.04 Å². The second-order valence-corrected chi connectivity index (χ2v) is 6.32. The van der Waals surface area contributed by atoms with Gasteiger partial charge >= 0.3 is 0 Å². The van der Waals surface area contributed by atoms with Crippen molar-refractivity contribution in [1.82, 2.24) is 5.32 Å². The van der Waals surface area contributed by atoms with Crippen molar-refractivity contribution in [3.8, 4) is 0 Å². The maximum atomic E-state index is 3.82. The van der Waals surface area contributed by atoms with Gasteiger partial charge in [-0.1, -0.05) is 73.1 Å². The highest BCUT2D eigenvalue weighted by Crippen LogP contribution is 2.13. The molecular formula is C17H37N. The fourth-order valence-electron chi connectivity index (χ4n) is 2.22. The molecule has 0 amide bonds. The molecule has 0 rings (SSSR count). The minimum atomic E-state index is 0.768. The van der Waals surface area contributed by atoms with Gasteiger partial charge in [-0.2, -0.15) is 0 Å². The number of nitrogens with one attached hydrogen (secondary N) is 1. The lowest BCUT2D eigenvalue weighted by atomic mass is 9.96. The highest BCUT2D eigenvalue weighted by Gasteiger charge is 2.11. The van der Waals surface area contributed by atoms with E-state index in [0.717, 1.165) is 17.9 Å². The SMILES string of the molecule is CCCCCC(CCCCC)NCC(C)C(C)C. The van der Waals surface area contributed by atoms with Crippen LogP contribution in [-0.4, -0.2) is 12.6 Å². The van der Waals surface area contributed by atoms with Gasteiger partial charge in [0.05, 0.1) is 0 Å². The molecule has 1 atom stereocenters. The predicted octanol–water partition coefficient (Wildman–Crippen LogP) is 5.40. The smallest absolute Gasteiger partial charge is 0.00671 e. The summed E-state index contributed by atoms with van der Waals surface area (Å²) in [6.07, 6.45) is 11.0. The van der Waals surface area contributed by atoms with Crippen molar-refractivity contribution in [3.63, 3.8) is 0 Å². The zero-order chi connectivity index (χ0) is 13.8. The summed E-state index contributed by atoms with van der Waals surface area (Å²) >= 11 is 0. The normalized spacial score (nSPS) is 13.5. The summed E-state index contributed by atoms with van der Waals surface area (Å²) in [5, 5.41) is 3.82. The van der Waals surface area contributed by atoms with E-state index in [2.05, 4.69) is 39.9 Å². The van der Waals surface area contributed by atoms with E-state index in [0.29, 0.717) is 0 Å². The van der Waals surface area contributed by atoms with Gasteiger partial charge in [-0.05, 0) is 31.2 Å². The second kappa shape index (κ2) is 12.0. The van der Waals surface area contributed by atoms with Gasteiger partial charge in [-0.3, -0.25) is 0 Å². The highest BCUT2D eigenvalue weighted by molar-refractivity contribution is 4.70. The molecule has 0 saturated heterocycles. The maximum Gasteiger partial charge on any atom is 0.00671 e. The molecule has 1 nitrogen and oxygen atoms in total. The molecule has 1 heteroatoms. The van der Waals surface area contributed by atoms with Gasteiger partial charge in [0.15, 0.2) is 0 Å². The molecule has 110 valence electrons. The van der Waals surface area contributed by atoms with Gasteiger partial charge in [-0.15, -0.1) is 0 Å². The first-order valence-electron chi connectivity index (χ1n) is 8.35. The Labute approximate surface area is 116 Å². The van der Waals surface area contributed by atoms with Gasteiger partial charge in [0.2, 0.25) is 0 Å². The molecule has 0 aliphatic carbocycles. The molecule has 0 aromatic carbocycles. The van der Waals surface area contributed by atoms with Gasteiger partial charge in [-0.25, -0.2) is 0 Å². The molecule has 0 aliphatic rings. The summed E-state index contributed by atoms with van der Waals surface area (Å²) in [4.78, 5) is 0. The monoisotopic (exact) mass is 255 g/mol. The third kappa shape index (κ3) is 9.94. The summed E-state index contributed by atoms with van der Waals surface area (Å²) in [5.74, 6) is 1.59. The number of unbranched alkanes of at least 4 members (excludes halogenated alkanes) is 4. The lowest BCUT2D eigenvalue weighted by molar-refractivity contribution is 0.342. The Kier molecular flexibility index (Phi) is 12.0. The van der Waals surface area contributed by atoms with E-state index >= 15 is 0 Å². The summed E-state index contributed by atoms with van der Waals surface area (Å²) < 4.78 is 0. The summed E-state index contributed by atoms with van der Waals surface area (Å²) in [6, 6.07) is 0.768. The summed E-state index contributed by atoms with van der Waals surface area (Å²) in [5.41, 5.74) is 0. The third-order valence-corrected chi connectivity index (χ3v) is 4.18. The third-order valence-electron chi connectivity index (χ3n) is 4.18.